The van der Waals surface area contributed by atoms with Crippen molar-refractivity contribution in [3.63, 3.8) is 0 Å². The molecule has 2 fully saturated rings. The molecular formula is C12H17N3O2. The second-order valence-electron chi connectivity index (χ2n) is 5.41. The summed E-state index contributed by atoms with van der Waals surface area (Å²) >= 11 is 0. The third kappa shape index (κ3) is 2.18. The van der Waals surface area contributed by atoms with Crippen LogP contribution in [0.4, 0.5) is 0 Å². The topological polar surface area (TPSA) is 70.6 Å². The molecule has 0 saturated heterocycles. The number of amides is 2. The van der Waals surface area contributed by atoms with Gasteiger partial charge in [0.2, 0.25) is 5.91 Å². The van der Waals surface area contributed by atoms with Gasteiger partial charge in [0.25, 0.3) is 5.91 Å². The van der Waals surface area contributed by atoms with Crippen molar-refractivity contribution in [3.8, 4) is 0 Å². The highest BCUT2D eigenvalue weighted by atomic mass is 16.2. The number of carbonyl (C=O) groups is 2. The van der Waals surface area contributed by atoms with Crippen molar-refractivity contribution >= 4 is 17.5 Å². The van der Waals surface area contributed by atoms with Gasteiger partial charge in [-0.3, -0.25) is 9.59 Å². The summed E-state index contributed by atoms with van der Waals surface area (Å²) < 4.78 is 0. The van der Waals surface area contributed by atoms with Gasteiger partial charge in [0, 0.05) is 19.4 Å². The van der Waals surface area contributed by atoms with Crippen molar-refractivity contribution in [2.24, 2.45) is 16.4 Å². The first-order chi connectivity index (χ1) is 8.20. The van der Waals surface area contributed by atoms with Crippen molar-refractivity contribution in [3.05, 3.63) is 0 Å². The van der Waals surface area contributed by atoms with E-state index in [1.807, 2.05) is 0 Å². The minimum atomic E-state index is -0.114. The first-order valence-corrected chi connectivity index (χ1v) is 6.33. The lowest BCUT2D eigenvalue weighted by Gasteiger charge is -2.16. The first-order valence-electron chi connectivity index (χ1n) is 6.33. The first kappa shape index (κ1) is 10.7. The van der Waals surface area contributed by atoms with Crippen LogP contribution in [0.25, 0.3) is 0 Å². The van der Waals surface area contributed by atoms with Gasteiger partial charge in [0.1, 0.15) is 5.71 Å². The average molecular weight is 235 g/mol. The van der Waals surface area contributed by atoms with Crippen LogP contribution >= 0.6 is 0 Å². The van der Waals surface area contributed by atoms with Gasteiger partial charge in [-0.1, -0.05) is 0 Å². The molecular weight excluding hydrogens is 218 g/mol. The van der Waals surface area contributed by atoms with Gasteiger partial charge in [0.15, 0.2) is 0 Å². The quantitative estimate of drug-likeness (QED) is 0.747. The lowest BCUT2D eigenvalue weighted by Crippen LogP contribution is -2.39. The van der Waals surface area contributed by atoms with Crippen molar-refractivity contribution in [2.45, 2.75) is 38.5 Å². The van der Waals surface area contributed by atoms with Gasteiger partial charge >= 0.3 is 0 Å². The van der Waals surface area contributed by atoms with Crippen molar-refractivity contribution < 1.29 is 9.59 Å². The highest BCUT2D eigenvalue weighted by Crippen LogP contribution is 2.60. The summed E-state index contributed by atoms with van der Waals surface area (Å²) in [5.41, 5.74) is 3.21. The molecule has 0 unspecified atom stereocenters. The summed E-state index contributed by atoms with van der Waals surface area (Å²) in [6, 6.07) is 0. The normalized spacial score (nSPS) is 25.9. The smallest absolute Gasteiger partial charge is 0.267 e. The van der Waals surface area contributed by atoms with Crippen LogP contribution in [0, 0.1) is 11.3 Å². The lowest BCUT2D eigenvalue weighted by molar-refractivity contribution is -0.121. The molecule has 0 aromatic heterocycles. The van der Waals surface area contributed by atoms with Crippen LogP contribution in [0.5, 0.6) is 0 Å². The Morgan fingerprint density at radius 3 is 2.71 bits per heavy atom. The number of nitrogens with zero attached hydrogens (tertiary/aromatic N) is 1. The van der Waals surface area contributed by atoms with Crippen LogP contribution in [0.1, 0.15) is 38.5 Å². The molecule has 0 spiro atoms. The maximum Gasteiger partial charge on any atom is 0.267 e. The number of hydrazone groups is 1. The lowest BCUT2D eigenvalue weighted by atomic mass is 10.0. The Morgan fingerprint density at radius 1 is 1.41 bits per heavy atom. The summed E-state index contributed by atoms with van der Waals surface area (Å²) in [5.74, 6) is 0.617. The molecule has 0 bridgehead atoms. The largest absolute Gasteiger partial charge is 0.350 e. The molecule has 3 aliphatic rings. The second-order valence-corrected chi connectivity index (χ2v) is 5.41. The van der Waals surface area contributed by atoms with Gasteiger partial charge in [-0.25, -0.2) is 5.43 Å². The maximum absolute atomic E-state index is 11.8. The molecule has 92 valence electrons. The van der Waals surface area contributed by atoms with E-state index in [4.69, 9.17) is 0 Å². The second kappa shape index (κ2) is 3.82. The third-order valence-electron chi connectivity index (χ3n) is 4.10. The fourth-order valence-corrected chi connectivity index (χ4v) is 2.58. The summed E-state index contributed by atoms with van der Waals surface area (Å²) in [6.07, 6.45) is 5.97. The Balaban J connectivity index is 1.52. The predicted molar refractivity (Wildman–Crippen MR) is 62.2 cm³/mol. The van der Waals surface area contributed by atoms with E-state index in [9.17, 15) is 9.59 Å². The zero-order chi connectivity index (χ0) is 11.9. The van der Waals surface area contributed by atoms with Crippen molar-refractivity contribution in [1.82, 2.24) is 10.7 Å². The van der Waals surface area contributed by atoms with Gasteiger partial charge < -0.3 is 5.32 Å². The zero-order valence-electron chi connectivity index (χ0n) is 9.79. The van der Waals surface area contributed by atoms with Crippen LogP contribution < -0.4 is 10.7 Å². The summed E-state index contributed by atoms with van der Waals surface area (Å²) in [4.78, 5) is 22.7. The maximum atomic E-state index is 11.8. The summed E-state index contributed by atoms with van der Waals surface area (Å²) in [6.45, 7) is 0.781. The van der Waals surface area contributed by atoms with Gasteiger partial charge in [-0.05, 0) is 37.0 Å². The van der Waals surface area contributed by atoms with E-state index in [-0.39, 0.29) is 11.8 Å². The zero-order valence-corrected chi connectivity index (χ0v) is 9.79. The molecule has 0 aromatic carbocycles. The molecule has 3 rings (SSSR count). The van der Waals surface area contributed by atoms with E-state index < -0.39 is 0 Å². The molecule has 2 amide bonds. The van der Waals surface area contributed by atoms with Crippen molar-refractivity contribution in [1.29, 1.82) is 0 Å². The molecule has 0 radical (unpaired) electrons. The number of nitrogens with one attached hydrogen (secondary N) is 2. The summed E-state index contributed by atoms with van der Waals surface area (Å²) in [7, 11) is 0. The molecule has 5 heteroatoms. The standard InChI is InChI=1S/C12H17N3O2/c16-10-4-3-9(14-15-10)11(17)13-7-12(5-6-12)8-1-2-8/h8H,1-7H2,(H,13,17)(H,15,16). The number of rotatable bonds is 4. The summed E-state index contributed by atoms with van der Waals surface area (Å²) in [5, 5.41) is 6.77. The van der Waals surface area contributed by atoms with E-state index >= 15 is 0 Å². The Hall–Kier alpha value is -1.39. The fourth-order valence-electron chi connectivity index (χ4n) is 2.58. The third-order valence-corrected chi connectivity index (χ3v) is 4.10. The minimum absolute atomic E-state index is 0.113. The Morgan fingerprint density at radius 2 is 2.18 bits per heavy atom. The number of carbonyl (C=O) groups excluding carboxylic acids is 2. The SMILES string of the molecule is O=C1CCC(C(=O)NCC2(C3CC3)CC2)=NN1. The van der Waals surface area contributed by atoms with E-state index in [2.05, 4.69) is 15.8 Å². The van der Waals surface area contributed by atoms with Gasteiger partial charge in [0.05, 0.1) is 0 Å². The average Bonchev–Trinajstić information content (AvgIpc) is 3.17. The van der Waals surface area contributed by atoms with E-state index in [1.54, 1.807) is 0 Å². The molecule has 0 atom stereocenters. The van der Waals surface area contributed by atoms with Crippen LogP contribution in [0.15, 0.2) is 5.10 Å². The van der Waals surface area contributed by atoms with E-state index in [0.29, 0.717) is 24.0 Å². The Bertz CT molecular complexity index is 395. The molecule has 17 heavy (non-hydrogen) atoms. The highest BCUT2D eigenvalue weighted by molar-refractivity contribution is 6.39. The molecule has 2 N–H and O–H groups in total. The molecule has 1 aliphatic heterocycles. The Kier molecular flexibility index (Phi) is 2.42. The molecule has 5 nitrogen and oxygen atoms in total. The van der Waals surface area contributed by atoms with Gasteiger partial charge in [-0.2, -0.15) is 5.10 Å². The molecule has 1 heterocycles. The predicted octanol–water partition coefficient (Wildman–Crippen LogP) is 0.559. The molecule has 2 aliphatic carbocycles. The number of hydrogen-bond acceptors (Lipinski definition) is 3. The van der Waals surface area contributed by atoms with Crippen LogP contribution in [0.3, 0.4) is 0 Å². The van der Waals surface area contributed by atoms with Crippen LogP contribution in [-0.2, 0) is 9.59 Å². The van der Waals surface area contributed by atoms with E-state index in [1.165, 1.54) is 25.7 Å². The highest BCUT2D eigenvalue weighted by Gasteiger charge is 2.53. The van der Waals surface area contributed by atoms with E-state index in [0.717, 1.165) is 12.5 Å². The monoisotopic (exact) mass is 235 g/mol. The fraction of sp³-hybridized carbons (Fsp3) is 0.750. The van der Waals surface area contributed by atoms with Crippen LogP contribution in [-0.4, -0.2) is 24.1 Å². The number of hydrogen-bond donors (Lipinski definition) is 2. The van der Waals surface area contributed by atoms with Gasteiger partial charge in [-0.15, -0.1) is 0 Å². The van der Waals surface area contributed by atoms with Crippen LogP contribution in [0.2, 0.25) is 0 Å². The van der Waals surface area contributed by atoms with Crippen molar-refractivity contribution in [2.75, 3.05) is 6.54 Å². The minimum Gasteiger partial charge on any atom is -0.350 e. The molecule has 0 aromatic rings. The Labute approximate surface area is 100 Å². The molecule has 2 saturated carbocycles.